The Hall–Kier alpha value is -1.37. The predicted octanol–water partition coefficient (Wildman–Crippen LogP) is 0.129. The number of rotatable bonds is 2. The molecule has 0 spiro atoms. The van der Waals surface area contributed by atoms with Crippen LogP contribution >= 0.6 is 0 Å². The van der Waals surface area contributed by atoms with Gasteiger partial charge >= 0.3 is 6.16 Å². The largest absolute Gasteiger partial charge is 0.508 e. The molecule has 0 aromatic rings. The smallest absolute Gasteiger partial charge is 0.443 e. The third-order valence-corrected chi connectivity index (χ3v) is 1.00. The standard InChI is InChI=1S/C6H6O4/c1-2-8-3-5-4-9-6(7)10-5/h1,5H,3-4H2. The van der Waals surface area contributed by atoms with Gasteiger partial charge in [0, 0.05) is 0 Å². The second kappa shape index (κ2) is 2.97. The Morgan fingerprint density at radius 2 is 2.70 bits per heavy atom. The minimum absolute atomic E-state index is 0.197. The van der Waals surface area contributed by atoms with Gasteiger partial charge in [0.25, 0.3) is 0 Å². The molecule has 1 unspecified atom stereocenters. The molecule has 1 aliphatic rings. The second-order valence-corrected chi connectivity index (χ2v) is 1.73. The molecule has 4 heteroatoms. The summed E-state index contributed by atoms with van der Waals surface area (Å²) in [5, 5.41) is 0. The van der Waals surface area contributed by atoms with E-state index >= 15 is 0 Å². The number of carbonyl (C=O) groups excluding carboxylic acids is 1. The highest BCUT2D eigenvalue weighted by atomic mass is 16.8. The lowest BCUT2D eigenvalue weighted by Gasteiger charge is -2.01. The number of cyclic esters (lactones) is 2. The Balaban J connectivity index is 2.20. The average Bonchev–Trinajstić information content (AvgIpc) is 2.31. The number of ether oxygens (including phenoxy) is 3. The van der Waals surface area contributed by atoms with E-state index in [1.165, 1.54) is 0 Å². The van der Waals surface area contributed by atoms with Crippen molar-refractivity contribution >= 4 is 6.16 Å². The summed E-state index contributed by atoms with van der Waals surface area (Å²) in [5.41, 5.74) is 0. The van der Waals surface area contributed by atoms with E-state index < -0.39 is 6.16 Å². The lowest BCUT2D eigenvalue weighted by molar-refractivity contribution is 0.0909. The monoisotopic (exact) mass is 142 g/mol. The molecule has 0 aliphatic carbocycles. The van der Waals surface area contributed by atoms with Gasteiger partial charge < -0.3 is 14.2 Å². The lowest BCUT2D eigenvalue weighted by atomic mass is 10.4. The first-order valence-electron chi connectivity index (χ1n) is 2.73. The summed E-state index contributed by atoms with van der Waals surface area (Å²) in [5.74, 6) is 0. The van der Waals surface area contributed by atoms with E-state index in [2.05, 4.69) is 14.2 Å². The summed E-state index contributed by atoms with van der Waals surface area (Å²) in [6.45, 7) is 0.419. The second-order valence-electron chi connectivity index (χ2n) is 1.73. The molecular formula is C6H6O4. The van der Waals surface area contributed by atoms with Crippen molar-refractivity contribution < 1.29 is 19.0 Å². The summed E-state index contributed by atoms with van der Waals surface area (Å²) in [4.78, 5) is 10.3. The number of hydrogen-bond acceptors (Lipinski definition) is 4. The molecule has 10 heavy (non-hydrogen) atoms. The zero-order chi connectivity index (χ0) is 7.40. The number of terminal acetylenes is 1. The molecule has 0 amide bonds. The lowest BCUT2D eigenvalue weighted by Crippen LogP contribution is -2.16. The van der Waals surface area contributed by atoms with Crippen LogP contribution in [0.15, 0.2) is 0 Å². The van der Waals surface area contributed by atoms with Gasteiger partial charge in [0.2, 0.25) is 0 Å². The molecule has 1 rings (SSSR count). The highest BCUT2D eigenvalue weighted by Crippen LogP contribution is 2.05. The van der Waals surface area contributed by atoms with E-state index in [0.29, 0.717) is 0 Å². The van der Waals surface area contributed by atoms with Gasteiger partial charge in [-0.1, -0.05) is 6.42 Å². The van der Waals surface area contributed by atoms with Crippen LogP contribution < -0.4 is 0 Å². The predicted molar refractivity (Wildman–Crippen MR) is 31.0 cm³/mol. The Morgan fingerprint density at radius 1 is 1.90 bits per heavy atom. The van der Waals surface area contributed by atoms with Crippen LogP contribution in [0, 0.1) is 12.5 Å². The molecule has 1 aliphatic heterocycles. The zero-order valence-electron chi connectivity index (χ0n) is 5.20. The molecule has 0 saturated carbocycles. The maximum atomic E-state index is 10.3. The van der Waals surface area contributed by atoms with E-state index in [1.54, 1.807) is 0 Å². The van der Waals surface area contributed by atoms with E-state index in [-0.39, 0.29) is 19.3 Å². The molecule has 1 saturated heterocycles. The normalized spacial score (nSPS) is 22.7. The minimum atomic E-state index is -0.661. The molecule has 0 aromatic carbocycles. The fraction of sp³-hybridized carbons (Fsp3) is 0.500. The SMILES string of the molecule is C#COCC1COC(=O)O1. The average molecular weight is 142 g/mol. The molecular weight excluding hydrogens is 136 g/mol. The van der Waals surface area contributed by atoms with Crippen molar-refractivity contribution in [3.8, 4) is 12.5 Å². The zero-order valence-corrected chi connectivity index (χ0v) is 5.20. The number of hydrogen-bond donors (Lipinski definition) is 0. The van der Waals surface area contributed by atoms with E-state index in [1.807, 2.05) is 6.11 Å². The summed E-state index contributed by atoms with van der Waals surface area (Å²) in [6.07, 6.45) is 5.74. The van der Waals surface area contributed by atoms with Gasteiger partial charge in [0.15, 0.2) is 6.10 Å². The van der Waals surface area contributed by atoms with E-state index in [9.17, 15) is 4.79 Å². The summed E-state index contributed by atoms with van der Waals surface area (Å²) >= 11 is 0. The fourth-order valence-corrected chi connectivity index (χ4v) is 0.588. The summed E-state index contributed by atoms with van der Waals surface area (Å²) < 4.78 is 13.6. The Kier molecular flexibility index (Phi) is 2.00. The van der Waals surface area contributed by atoms with Crippen molar-refractivity contribution in [2.45, 2.75) is 6.10 Å². The third-order valence-electron chi connectivity index (χ3n) is 1.00. The molecule has 0 bridgehead atoms. The van der Waals surface area contributed by atoms with Crippen LogP contribution in [0.2, 0.25) is 0 Å². The maximum Gasteiger partial charge on any atom is 0.508 e. The van der Waals surface area contributed by atoms with Crippen LogP contribution in [0.5, 0.6) is 0 Å². The van der Waals surface area contributed by atoms with Gasteiger partial charge in [-0.15, -0.1) is 0 Å². The first-order chi connectivity index (χ1) is 4.83. The Bertz CT molecular complexity index is 169. The van der Waals surface area contributed by atoms with E-state index in [0.717, 1.165) is 0 Å². The summed E-state index contributed by atoms with van der Waals surface area (Å²) in [7, 11) is 0. The Morgan fingerprint density at radius 3 is 3.20 bits per heavy atom. The fourth-order valence-electron chi connectivity index (χ4n) is 0.588. The number of carbonyl (C=O) groups is 1. The summed E-state index contributed by atoms with van der Waals surface area (Å²) in [6, 6.07) is 0. The molecule has 1 fully saturated rings. The van der Waals surface area contributed by atoms with Gasteiger partial charge in [-0.3, -0.25) is 0 Å². The third kappa shape index (κ3) is 1.55. The Labute approximate surface area is 58.1 Å². The van der Waals surface area contributed by atoms with Crippen molar-refractivity contribution in [1.82, 2.24) is 0 Å². The van der Waals surface area contributed by atoms with Crippen LogP contribution in [0.25, 0.3) is 0 Å². The van der Waals surface area contributed by atoms with Crippen LogP contribution in [0.4, 0.5) is 4.79 Å². The maximum absolute atomic E-state index is 10.3. The molecule has 1 atom stereocenters. The van der Waals surface area contributed by atoms with Gasteiger partial charge in [0.1, 0.15) is 19.3 Å². The molecule has 0 N–H and O–H groups in total. The highest BCUT2D eigenvalue weighted by molar-refractivity contribution is 5.61. The highest BCUT2D eigenvalue weighted by Gasteiger charge is 2.24. The molecule has 4 nitrogen and oxygen atoms in total. The van der Waals surface area contributed by atoms with Crippen molar-refractivity contribution in [2.75, 3.05) is 13.2 Å². The molecule has 54 valence electrons. The van der Waals surface area contributed by atoms with Gasteiger partial charge in [-0.2, -0.15) is 0 Å². The van der Waals surface area contributed by atoms with Gasteiger partial charge in [-0.25, -0.2) is 4.79 Å². The van der Waals surface area contributed by atoms with Gasteiger partial charge in [-0.05, 0) is 0 Å². The van der Waals surface area contributed by atoms with Gasteiger partial charge in [0.05, 0.1) is 0 Å². The van der Waals surface area contributed by atoms with Crippen molar-refractivity contribution in [3.63, 3.8) is 0 Å². The topological polar surface area (TPSA) is 44.8 Å². The van der Waals surface area contributed by atoms with Crippen LogP contribution in [0.3, 0.4) is 0 Å². The van der Waals surface area contributed by atoms with Crippen molar-refractivity contribution in [2.24, 2.45) is 0 Å². The molecule has 0 aromatic heterocycles. The quantitative estimate of drug-likeness (QED) is 0.406. The molecule has 0 radical (unpaired) electrons. The molecule has 1 heterocycles. The van der Waals surface area contributed by atoms with Crippen LogP contribution in [0.1, 0.15) is 0 Å². The van der Waals surface area contributed by atoms with Crippen LogP contribution in [-0.2, 0) is 14.2 Å². The van der Waals surface area contributed by atoms with Crippen molar-refractivity contribution in [1.29, 1.82) is 0 Å². The first kappa shape index (κ1) is 6.75. The van der Waals surface area contributed by atoms with Crippen molar-refractivity contribution in [3.05, 3.63) is 0 Å². The first-order valence-corrected chi connectivity index (χ1v) is 2.73. The minimum Gasteiger partial charge on any atom is -0.443 e. The van der Waals surface area contributed by atoms with E-state index in [4.69, 9.17) is 6.42 Å². The van der Waals surface area contributed by atoms with Crippen LogP contribution in [-0.4, -0.2) is 25.5 Å².